The minimum atomic E-state index is -3.67. The molecule has 1 fully saturated rings. The van der Waals surface area contributed by atoms with Gasteiger partial charge in [0.2, 0.25) is 10.0 Å². The van der Waals surface area contributed by atoms with Crippen molar-refractivity contribution < 1.29 is 22.4 Å². The van der Waals surface area contributed by atoms with Crippen LogP contribution in [0.3, 0.4) is 0 Å². The molecule has 1 saturated heterocycles. The Morgan fingerprint density at radius 3 is 2.47 bits per heavy atom. The van der Waals surface area contributed by atoms with Gasteiger partial charge in [0.05, 0.1) is 22.0 Å². The van der Waals surface area contributed by atoms with Crippen LogP contribution in [-0.4, -0.2) is 54.1 Å². The lowest BCUT2D eigenvalue weighted by atomic mass is 10.2. The Bertz CT molecular complexity index is 1120. The number of rotatable bonds is 5. The molecule has 0 bridgehead atoms. The first-order chi connectivity index (χ1) is 14.3. The van der Waals surface area contributed by atoms with Gasteiger partial charge in [-0.1, -0.05) is 11.2 Å². The van der Waals surface area contributed by atoms with E-state index in [1.807, 2.05) is 31.4 Å². The van der Waals surface area contributed by atoms with E-state index in [1.165, 1.54) is 39.9 Å². The van der Waals surface area contributed by atoms with Crippen molar-refractivity contribution in [2.45, 2.75) is 31.0 Å². The average molecular weight is 449 g/mol. The molecule has 9 nitrogen and oxygen atoms in total. The van der Waals surface area contributed by atoms with E-state index in [-0.39, 0.29) is 28.7 Å². The van der Waals surface area contributed by atoms with E-state index in [9.17, 15) is 13.2 Å². The first-order valence-corrected chi connectivity index (χ1v) is 11.6. The second kappa shape index (κ2) is 8.26. The van der Waals surface area contributed by atoms with Crippen molar-refractivity contribution in [3.05, 3.63) is 47.3 Å². The van der Waals surface area contributed by atoms with Crippen LogP contribution in [0.25, 0.3) is 10.8 Å². The monoisotopic (exact) mass is 448 g/mol. The molecular weight excluding hydrogens is 428 g/mol. The van der Waals surface area contributed by atoms with Gasteiger partial charge in [-0.25, -0.2) is 8.42 Å². The first-order valence-electron chi connectivity index (χ1n) is 9.27. The van der Waals surface area contributed by atoms with Crippen LogP contribution in [0.5, 0.6) is 0 Å². The Morgan fingerprint density at radius 2 is 1.83 bits per heavy atom. The quantitative estimate of drug-likeness (QED) is 0.638. The van der Waals surface area contributed by atoms with E-state index in [4.69, 9.17) is 9.15 Å². The van der Waals surface area contributed by atoms with Crippen LogP contribution in [0.4, 0.5) is 6.01 Å². The molecule has 4 rings (SSSR count). The van der Waals surface area contributed by atoms with Crippen LogP contribution in [0.2, 0.25) is 0 Å². The minimum absolute atomic E-state index is 0.0311. The number of hydrogen-bond donors (Lipinski definition) is 1. The summed E-state index contributed by atoms with van der Waals surface area (Å²) in [5.41, 5.74) is 0.272. The van der Waals surface area contributed by atoms with Crippen LogP contribution in [-0.2, 0) is 14.8 Å². The predicted molar refractivity (Wildman–Crippen MR) is 111 cm³/mol. The molecule has 1 N–H and O–H groups in total. The summed E-state index contributed by atoms with van der Waals surface area (Å²) < 4.78 is 38.3. The van der Waals surface area contributed by atoms with Gasteiger partial charge in [-0.3, -0.25) is 10.1 Å². The topological polar surface area (TPSA) is 115 Å². The molecule has 0 spiro atoms. The Balaban J connectivity index is 1.46. The number of carbonyl (C=O) groups is 1. The second-order valence-corrected chi connectivity index (χ2v) is 9.83. The summed E-state index contributed by atoms with van der Waals surface area (Å²) in [4.78, 5) is 13.4. The maximum Gasteiger partial charge on any atom is 0.322 e. The second-order valence-electron chi connectivity index (χ2n) is 6.95. The van der Waals surface area contributed by atoms with Crippen molar-refractivity contribution in [3.63, 3.8) is 0 Å². The summed E-state index contributed by atoms with van der Waals surface area (Å²) in [5.74, 6) is -0.162. The van der Waals surface area contributed by atoms with Crippen LogP contribution < -0.4 is 5.32 Å². The molecule has 158 valence electrons. The average Bonchev–Trinajstić information content (AvgIpc) is 3.39. The van der Waals surface area contributed by atoms with Gasteiger partial charge in [-0.15, -0.1) is 16.4 Å². The number of amides is 1. The molecule has 0 radical (unpaired) electrons. The highest BCUT2D eigenvalue weighted by Gasteiger charge is 2.32. The zero-order chi connectivity index (χ0) is 21.3. The van der Waals surface area contributed by atoms with Gasteiger partial charge in [0, 0.05) is 18.7 Å². The zero-order valence-corrected chi connectivity index (χ0v) is 17.9. The number of sulfonamides is 1. The van der Waals surface area contributed by atoms with E-state index in [2.05, 4.69) is 15.5 Å². The van der Waals surface area contributed by atoms with Gasteiger partial charge in [0.25, 0.3) is 11.8 Å². The zero-order valence-electron chi connectivity index (χ0n) is 16.3. The molecular formula is C19H20N4O5S2. The summed E-state index contributed by atoms with van der Waals surface area (Å²) in [5, 5.41) is 12.1. The van der Waals surface area contributed by atoms with Gasteiger partial charge in [0.1, 0.15) is 0 Å². The van der Waals surface area contributed by atoms with Crippen molar-refractivity contribution in [1.82, 2.24) is 14.5 Å². The van der Waals surface area contributed by atoms with Gasteiger partial charge < -0.3 is 9.15 Å². The van der Waals surface area contributed by atoms with Crippen LogP contribution in [0.15, 0.2) is 51.1 Å². The number of nitrogens with one attached hydrogen (secondary N) is 1. The SMILES string of the molecule is C[C@@H]1CN(S(=O)(=O)c2ccc(C(=O)Nc3nnc(-c4cccs4)o3)cc2)C[C@@H](C)O1. The molecule has 11 heteroatoms. The maximum absolute atomic E-state index is 12.9. The standard InChI is InChI=1S/C19H20N4O5S2/c1-12-10-23(11-13(2)27-12)30(25,26)15-7-5-14(6-8-15)17(24)20-19-22-21-18(28-19)16-4-3-9-29-16/h3-9,12-13H,10-11H2,1-2H3,(H,20,22,24)/t12-,13-/m1/s1. The van der Waals surface area contributed by atoms with Gasteiger partial charge in [-0.2, -0.15) is 4.31 Å². The van der Waals surface area contributed by atoms with Crippen molar-refractivity contribution in [3.8, 4) is 10.8 Å². The number of aromatic nitrogens is 2. The molecule has 1 aliphatic rings. The van der Waals surface area contributed by atoms with Gasteiger partial charge in [0.15, 0.2) is 0 Å². The van der Waals surface area contributed by atoms with E-state index in [0.29, 0.717) is 19.0 Å². The largest absolute Gasteiger partial charge is 0.402 e. The maximum atomic E-state index is 12.9. The molecule has 2 atom stereocenters. The van der Waals surface area contributed by atoms with Crippen LogP contribution >= 0.6 is 11.3 Å². The highest BCUT2D eigenvalue weighted by molar-refractivity contribution is 7.89. The lowest BCUT2D eigenvalue weighted by Gasteiger charge is -2.34. The third kappa shape index (κ3) is 4.29. The number of benzene rings is 1. The first kappa shape index (κ1) is 20.7. The smallest absolute Gasteiger partial charge is 0.322 e. The highest BCUT2D eigenvalue weighted by Crippen LogP contribution is 2.25. The van der Waals surface area contributed by atoms with E-state index < -0.39 is 15.9 Å². The van der Waals surface area contributed by atoms with Crippen molar-refractivity contribution in [2.75, 3.05) is 18.4 Å². The van der Waals surface area contributed by atoms with E-state index >= 15 is 0 Å². The molecule has 1 amide bonds. The molecule has 0 unspecified atom stereocenters. The Labute approximate surface area is 177 Å². The van der Waals surface area contributed by atoms with Gasteiger partial charge in [-0.05, 0) is 49.6 Å². The van der Waals surface area contributed by atoms with E-state index in [0.717, 1.165) is 4.88 Å². The fraction of sp³-hybridized carbons (Fsp3) is 0.316. The molecule has 0 aliphatic carbocycles. The normalized spacial score (nSPS) is 20.2. The van der Waals surface area contributed by atoms with Crippen molar-refractivity contribution >= 4 is 33.3 Å². The highest BCUT2D eigenvalue weighted by atomic mass is 32.2. The number of nitrogens with zero attached hydrogens (tertiary/aromatic N) is 3. The minimum Gasteiger partial charge on any atom is -0.402 e. The molecule has 3 aromatic rings. The lowest BCUT2D eigenvalue weighted by Crippen LogP contribution is -2.48. The van der Waals surface area contributed by atoms with Crippen molar-refractivity contribution in [1.29, 1.82) is 0 Å². The summed E-state index contributed by atoms with van der Waals surface area (Å²) in [7, 11) is -3.67. The third-order valence-electron chi connectivity index (χ3n) is 4.52. The summed E-state index contributed by atoms with van der Waals surface area (Å²) in [6.45, 7) is 4.26. The Hall–Kier alpha value is -2.60. The fourth-order valence-corrected chi connectivity index (χ4v) is 5.43. The van der Waals surface area contributed by atoms with E-state index in [1.54, 1.807) is 0 Å². The van der Waals surface area contributed by atoms with Crippen molar-refractivity contribution in [2.24, 2.45) is 0 Å². The Morgan fingerprint density at radius 1 is 1.13 bits per heavy atom. The Kier molecular flexibility index (Phi) is 5.69. The lowest BCUT2D eigenvalue weighted by molar-refractivity contribution is -0.0440. The third-order valence-corrected chi connectivity index (χ3v) is 7.22. The molecule has 1 aliphatic heterocycles. The molecule has 3 heterocycles. The number of hydrogen-bond acceptors (Lipinski definition) is 8. The number of ether oxygens (including phenoxy) is 1. The van der Waals surface area contributed by atoms with Gasteiger partial charge >= 0.3 is 6.01 Å². The molecule has 30 heavy (non-hydrogen) atoms. The number of anilines is 1. The number of carbonyl (C=O) groups excluding carboxylic acids is 1. The molecule has 1 aromatic carbocycles. The summed E-state index contributed by atoms with van der Waals surface area (Å²) in [6, 6.07) is 9.39. The summed E-state index contributed by atoms with van der Waals surface area (Å²) >= 11 is 1.44. The summed E-state index contributed by atoms with van der Waals surface area (Å²) in [6.07, 6.45) is -0.357. The predicted octanol–water partition coefficient (Wildman–Crippen LogP) is 2.85. The molecule has 0 saturated carbocycles. The van der Waals surface area contributed by atoms with Crippen LogP contribution in [0, 0.1) is 0 Å². The fourth-order valence-electron chi connectivity index (χ4n) is 3.20. The van der Waals surface area contributed by atoms with Crippen LogP contribution in [0.1, 0.15) is 24.2 Å². The number of morpholine rings is 1. The molecule has 2 aromatic heterocycles. The number of thiophene rings is 1.